The van der Waals surface area contributed by atoms with Crippen molar-refractivity contribution in [1.29, 1.82) is 0 Å². The molecule has 0 bridgehead atoms. The van der Waals surface area contributed by atoms with Gasteiger partial charge in [-0.1, -0.05) is 31.3 Å². The normalized spacial score (nSPS) is 14.3. The predicted molar refractivity (Wildman–Crippen MR) is 143 cm³/mol. The lowest BCUT2D eigenvalue weighted by Gasteiger charge is -2.25. The quantitative estimate of drug-likeness (QED) is 0.393. The van der Waals surface area contributed by atoms with Crippen molar-refractivity contribution in [2.24, 2.45) is 0 Å². The Bertz CT molecular complexity index is 1310. The fraction of sp³-hybridized carbons (Fsp3) is 0.462. The van der Waals surface area contributed by atoms with Gasteiger partial charge in [0.15, 0.2) is 5.13 Å². The summed E-state index contributed by atoms with van der Waals surface area (Å²) in [4.78, 5) is 22.8. The summed E-state index contributed by atoms with van der Waals surface area (Å²) in [6.45, 7) is 11.4. The van der Waals surface area contributed by atoms with Crippen molar-refractivity contribution in [3.8, 4) is 0 Å². The highest BCUT2D eigenvalue weighted by Gasteiger charge is 2.35. The first-order chi connectivity index (χ1) is 16.7. The molecule has 1 fully saturated rings. The third-order valence-corrected chi connectivity index (χ3v) is 9.89. The number of thiazole rings is 1. The van der Waals surface area contributed by atoms with E-state index in [0.717, 1.165) is 48.3 Å². The Morgan fingerprint density at radius 1 is 1.03 bits per heavy atom. The number of likely N-dealkylation sites (N-methyl/N-ethyl adjacent to an activating group) is 1. The van der Waals surface area contributed by atoms with Gasteiger partial charge in [-0.05, 0) is 81.2 Å². The van der Waals surface area contributed by atoms with Crippen LogP contribution >= 0.6 is 11.3 Å². The van der Waals surface area contributed by atoms with Crippen LogP contribution < -0.4 is 4.90 Å². The zero-order valence-corrected chi connectivity index (χ0v) is 22.7. The minimum absolute atomic E-state index is 0.0861. The van der Waals surface area contributed by atoms with Crippen molar-refractivity contribution in [2.75, 3.05) is 38.1 Å². The monoisotopic (exact) mass is 514 g/mol. The number of nitrogens with zero attached hydrogens (tertiary/aromatic N) is 4. The molecule has 1 aliphatic rings. The maximum Gasteiger partial charge on any atom is 0.260 e. The highest BCUT2D eigenvalue weighted by molar-refractivity contribution is 7.89. The van der Waals surface area contributed by atoms with Gasteiger partial charge in [0, 0.05) is 31.7 Å². The van der Waals surface area contributed by atoms with E-state index in [1.165, 1.54) is 33.3 Å². The molecule has 0 unspecified atom stereocenters. The van der Waals surface area contributed by atoms with Crippen molar-refractivity contribution in [3.63, 3.8) is 0 Å². The molecule has 1 aromatic heterocycles. The van der Waals surface area contributed by atoms with Gasteiger partial charge in [0.25, 0.3) is 5.91 Å². The number of aromatic nitrogens is 1. The fourth-order valence-corrected chi connectivity index (χ4v) is 6.59. The zero-order valence-electron chi connectivity index (χ0n) is 21.1. The van der Waals surface area contributed by atoms with Crippen LogP contribution in [-0.2, 0) is 10.0 Å². The number of rotatable bonds is 10. The molecule has 0 spiro atoms. The number of hydrogen-bond acceptors (Lipinski definition) is 6. The van der Waals surface area contributed by atoms with Gasteiger partial charge in [0.2, 0.25) is 10.0 Å². The van der Waals surface area contributed by atoms with E-state index < -0.39 is 10.0 Å². The standard InChI is InChI=1S/C26H34N4O3S2/c1-6-29(7-2)16-17-30(26-27-24-19(4)18(3)8-15-23(24)34-26)25(31)20-9-13-22(14-10-20)35(32,33)28(5)21-11-12-21/h8-10,13-15,21H,6-7,11-12,16-17H2,1-5H3. The van der Waals surface area contributed by atoms with Crippen molar-refractivity contribution < 1.29 is 13.2 Å². The molecule has 0 N–H and O–H groups in total. The van der Waals surface area contributed by atoms with Crippen molar-refractivity contribution >= 4 is 42.6 Å². The van der Waals surface area contributed by atoms with Gasteiger partial charge in [0.1, 0.15) is 0 Å². The summed E-state index contributed by atoms with van der Waals surface area (Å²) >= 11 is 1.51. The molecule has 0 saturated heterocycles. The predicted octanol–water partition coefficient (Wildman–Crippen LogP) is 4.68. The summed E-state index contributed by atoms with van der Waals surface area (Å²) in [6, 6.07) is 10.5. The molecule has 1 amide bonds. The molecule has 35 heavy (non-hydrogen) atoms. The molecule has 1 saturated carbocycles. The summed E-state index contributed by atoms with van der Waals surface area (Å²) in [5.74, 6) is -0.176. The SMILES string of the molecule is CCN(CC)CCN(C(=O)c1ccc(S(=O)(=O)N(C)C2CC2)cc1)c1nc2c(C)c(C)ccc2s1. The van der Waals surface area contributed by atoms with E-state index in [4.69, 9.17) is 4.98 Å². The van der Waals surface area contributed by atoms with Crippen molar-refractivity contribution in [2.45, 2.75) is 51.5 Å². The van der Waals surface area contributed by atoms with Crippen LogP contribution in [-0.4, -0.2) is 67.8 Å². The molecular weight excluding hydrogens is 480 g/mol. The fourth-order valence-electron chi connectivity index (χ4n) is 4.12. The van der Waals surface area contributed by atoms with Crippen LogP contribution in [0.4, 0.5) is 5.13 Å². The molecule has 9 heteroatoms. The van der Waals surface area contributed by atoms with Crippen LogP contribution in [0.2, 0.25) is 0 Å². The number of amides is 1. The second-order valence-electron chi connectivity index (χ2n) is 9.11. The summed E-state index contributed by atoms with van der Waals surface area (Å²) in [6.07, 6.45) is 1.80. The molecule has 2 aromatic carbocycles. The van der Waals surface area contributed by atoms with Crippen molar-refractivity contribution in [1.82, 2.24) is 14.2 Å². The van der Waals surface area contributed by atoms with E-state index in [-0.39, 0.29) is 16.8 Å². The molecule has 0 radical (unpaired) electrons. The first kappa shape index (κ1) is 25.8. The number of aryl methyl sites for hydroxylation is 2. The Labute approximate surface area is 212 Å². The number of carbonyl (C=O) groups is 1. The lowest BCUT2D eigenvalue weighted by atomic mass is 10.1. The molecule has 3 aromatic rings. The van der Waals surface area contributed by atoms with Crippen LogP contribution in [0.3, 0.4) is 0 Å². The van der Waals surface area contributed by atoms with Gasteiger partial charge in [0.05, 0.1) is 15.1 Å². The Kier molecular flexibility index (Phi) is 7.61. The van der Waals surface area contributed by atoms with Crippen molar-refractivity contribution in [3.05, 3.63) is 53.1 Å². The minimum Gasteiger partial charge on any atom is -0.302 e. The first-order valence-electron chi connectivity index (χ1n) is 12.2. The van der Waals surface area contributed by atoms with E-state index in [9.17, 15) is 13.2 Å². The second kappa shape index (κ2) is 10.3. The minimum atomic E-state index is -3.55. The average Bonchev–Trinajstić information content (AvgIpc) is 3.62. The number of sulfonamides is 1. The highest BCUT2D eigenvalue weighted by atomic mass is 32.2. The number of anilines is 1. The molecule has 0 aliphatic heterocycles. The highest BCUT2D eigenvalue weighted by Crippen LogP contribution is 2.33. The summed E-state index contributed by atoms with van der Waals surface area (Å²) in [5.41, 5.74) is 3.67. The van der Waals surface area contributed by atoms with E-state index in [0.29, 0.717) is 17.2 Å². The molecule has 1 heterocycles. The van der Waals surface area contributed by atoms with Crippen LogP contribution in [0.1, 0.15) is 48.2 Å². The molecule has 0 atom stereocenters. The number of fused-ring (bicyclic) bond motifs is 1. The van der Waals surface area contributed by atoms with Crippen LogP contribution in [0, 0.1) is 13.8 Å². The molecule has 188 valence electrons. The Balaban J connectivity index is 1.65. The smallest absolute Gasteiger partial charge is 0.260 e. The van der Waals surface area contributed by atoms with E-state index in [1.54, 1.807) is 24.1 Å². The zero-order chi connectivity index (χ0) is 25.3. The molecular formula is C26H34N4O3S2. The van der Waals surface area contributed by atoms with Gasteiger partial charge in [-0.2, -0.15) is 4.31 Å². The number of benzene rings is 2. The number of carbonyl (C=O) groups excluding carboxylic acids is 1. The topological polar surface area (TPSA) is 73.8 Å². The molecule has 1 aliphatic carbocycles. The Hall–Kier alpha value is -2.33. The Morgan fingerprint density at radius 3 is 2.29 bits per heavy atom. The van der Waals surface area contributed by atoms with Gasteiger partial charge in [-0.15, -0.1) is 0 Å². The molecule has 7 nitrogen and oxygen atoms in total. The van der Waals surface area contributed by atoms with Crippen LogP contribution in [0.15, 0.2) is 41.3 Å². The third-order valence-electron chi connectivity index (χ3n) is 6.92. The van der Waals surface area contributed by atoms with Gasteiger partial charge in [-0.25, -0.2) is 13.4 Å². The van der Waals surface area contributed by atoms with Gasteiger partial charge >= 0.3 is 0 Å². The Morgan fingerprint density at radius 2 is 1.69 bits per heavy atom. The first-order valence-corrected chi connectivity index (χ1v) is 14.4. The summed E-state index contributed by atoms with van der Waals surface area (Å²) in [7, 11) is -1.93. The van der Waals surface area contributed by atoms with E-state index in [2.05, 4.69) is 44.7 Å². The van der Waals surface area contributed by atoms with Crippen LogP contribution in [0.25, 0.3) is 10.2 Å². The lowest BCUT2D eigenvalue weighted by molar-refractivity contribution is 0.0983. The lowest BCUT2D eigenvalue weighted by Crippen LogP contribution is -2.39. The summed E-state index contributed by atoms with van der Waals surface area (Å²) in [5, 5.41) is 0.663. The molecule has 4 rings (SSSR count). The second-order valence-corrected chi connectivity index (χ2v) is 12.1. The average molecular weight is 515 g/mol. The largest absolute Gasteiger partial charge is 0.302 e. The van der Waals surface area contributed by atoms with Crippen LogP contribution in [0.5, 0.6) is 0 Å². The number of hydrogen-bond donors (Lipinski definition) is 0. The van der Waals surface area contributed by atoms with Gasteiger partial charge < -0.3 is 4.90 Å². The van der Waals surface area contributed by atoms with E-state index >= 15 is 0 Å². The maximum absolute atomic E-state index is 13.7. The maximum atomic E-state index is 13.7. The summed E-state index contributed by atoms with van der Waals surface area (Å²) < 4.78 is 28.2. The third kappa shape index (κ3) is 5.28. The van der Waals surface area contributed by atoms with E-state index in [1.807, 2.05) is 0 Å². The van der Waals surface area contributed by atoms with Gasteiger partial charge in [-0.3, -0.25) is 9.69 Å².